The van der Waals surface area contributed by atoms with Gasteiger partial charge in [-0.3, -0.25) is 10.1 Å². The number of aryl methyl sites for hydroxylation is 1. The van der Waals surface area contributed by atoms with E-state index in [1.165, 1.54) is 0 Å². The molecular weight excluding hydrogens is 126 g/mol. The number of hydrogen-bond donors (Lipinski definition) is 1. The maximum Gasteiger partial charge on any atom is 0.100 e. The first-order valence-electron chi connectivity index (χ1n) is 3.04. The summed E-state index contributed by atoms with van der Waals surface area (Å²) in [4.78, 5) is 3.90. The van der Waals surface area contributed by atoms with E-state index in [-0.39, 0.29) is 0 Å². The van der Waals surface area contributed by atoms with Crippen LogP contribution in [-0.2, 0) is 0 Å². The zero-order chi connectivity index (χ0) is 6.97. The molecule has 0 saturated carbocycles. The highest BCUT2D eigenvalue weighted by atomic mass is 15.1. The number of pyridine rings is 1. The van der Waals surface area contributed by atoms with Crippen LogP contribution in [0.25, 0.3) is 10.9 Å². The van der Waals surface area contributed by atoms with Crippen molar-refractivity contribution in [2.75, 3.05) is 0 Å². The molecule has 1 radical (unpaired) electrons. The Labute approximate surface area is 58.1 Å². The lowest BCUT2D eigenvalue weighted by molar-refractivity contribution is 1.11. The fourth-order valence-electron chi connectivity index (χ4n) is 0.935. The van der Waals surface area contributed by atoms with E-state index in [0.717, 1.165) is 16.5 Å². The smallest absolute Gasteiger partial charge is 0.100 e. The summed E-state index contributed by atoms with van der Waals surface area (Å²) in [6.07, 6.45) is 6.31. The van der Waals surface area contributed by atoms with E-state index in [1.807, 2.05) is 6.92 Å². The molecule has 3 nitrogen and oxygen atoms in total. The van der Waals surface area contributed by atoms with Crippen LogP contribution in [0.1, 0.15) is 5.56 Å². The molecule has 0 saturated heterocycles. The van der Waals surface area contributed by atoms with Crippen molar-refractivity contribution < 1.29 is 0 Å². The molecule has 2 rings (SSSR count). The molecule has 0 aliphatic heterocycles. The summed E-state index contributed by atoms with van der Waals surface area (Å²) < 4.78 is 0. The Morgan fingerprint density at radius 3 is 3.20 bits per heavy atom. The van der Waals surface area contributed by atoms with Crippen LogP contribution in [0, 0.1) is 13.1 Å². The Bertz CT molecular complexity index is 350. The molecule has 2 heterocycles. The molecular formula is C7H6N3. The molecule has 2 aromatic rings. The van der Waals surface area contributed by atoms with E-state index in [4.69, 9.17) is 0 Å². The standard InChI is InChI=1S/C7H6N3/c1-5-2-8-3-6-4-9-10-7(5)6/h2,4H,1H3,(H,9,10). The molecule has 0 unspecified atom stereocenters. The average molecular weight is 132 g/mol. The molecule has 0 atom stereocenters. The van der Waals surface area contributed by atoms with E-state index in [1.54, 1.807) is 12.4 Å². The van der Waals surface area contributed by atoms with Crippen molar-refractivity contribution in [1.82, 2.24) is 15.2 Å². The molecule has 10 heavy (non-hydrogen) atoms. The third-order valence-electron chi connectivity index (χ3n) is 1.48. The Kier molecular flexibility index (Phi) is 0.974. The molecule has 0 fully saturated rings. The first-order valence-corrected chi connectivity index (χ1v) is 3.04. The maximum atomic E-state index is 3.90. The summed E-state index contributed by atoms with van der Waals surface area (Å²) in [5, 5.41) is 7.68. The van der Waals surface area contributed by atoms with Crippen LogP contribution < -0.4 is 0 Å². The largest absolute Gasteiger partial charge is 0.277 e. The third-order valence-corrected chi connectivity index (χ3v) is 1.48. The molecule has 0 amide bonds. The number of rotatable bonds is 0. The fourth-order valence-corrected chi connectivity index (χ4v) is 0.935. The number of aromatic amines is 1. The molecule has 0 spiro atoms. The minimum Gasteiger partial charge on any atom is -0.277 e. The molecule has 3 heteroatoms. The van der Waals surface area contributed by atoms with Crippen LogP contribution in [0.5, 0.6) is 0 Å². The van der Waals surface area contributed by atoms with E-state index >= 15 is 0 Å². The van der Waals surface area contributed by atoms with Crippen molar-refractivity contribution in [3.8, 4) is 0 Å². The lowest BCUT2D eigenvalue weighted by Gasteiger charge is -1.89. The van der Waals surface area contributed by atoms with Crippen LogP contribution in [0.15, 0.2) is 12.4 Å². The topological polar surface area (TPSA) is 41.6 Å². The minimum absolute atomic E-state index is 0.944. The van der Waals surface area contributed by atoms with Gasteiger partial charge in [0, 0.05) is 11.6 Å². The molecule has 0 aliphatic carbocycles. The van der Waals surface area contributed by atoms with Gasteiger partial charge >= 0.3 is 0 Å². The van der Waals surface area contributed by atoms with Gasteiger partial charge in [-0.05, 0) is 12.5 Å². The van der Waals surface area contributed by atoms with Gasteiger partial charge < -0.3 is 0 Å². The zero-order valence-corrected chi connectivity index (χ0v) is 5.55. The van der Waals surface area contributed by atoms with Gasteiger partial charge in [-0.25, -0.2) is 0 Å². The number of fused-ring (bicyclic) bond motifs is 1. The summed E-state index contributed by atoms with van der Waals surface area (Å²) in [6.45, 7) is 1.99. The summed E-state index contributed by atoms with van der Waals surface area (Å²) in [5.41, 5.74) is 2.13. The highest BCUT2D eigenvalue weighted by Crippen LogP contribution is 2.10. The Morgan fingerprint density at radius 1 is 1.50 bits per heavy atom. The first-order chi connectivity index (χ1) is 4.88. The Balaban J connectivity index is 2.95. The van der Waals surface area contributed by atoms with Gasteiger partial charge in [0.25, 0.3) is 0 Å². The zero-order valence-electron chi connectivity index (χ0n) is 5.55. The summed E-state index contributed by atoms with van der Waals surface area (Å²) >= 11 is 0. The van der Waals surface area contributed by atoms with E-state index in [2.05, 4.69) is 21.4 Å². The molecule has 49 valence electrons. The average Bonchev–Trinajstić information content (AvgIpc) is 2.36. The van der Waals surface area contributed by atoms with Crippen molar-refractivity contribution in [2.24, 2.45) is 0 Å². The third kappa shape index (κ3) is 0.603. The lowest BCUT2D eigenvalue weighted by atomic mass is 10.2. The number of nitrogens with one attached hydrogen (secondary N) is 1. The van der Waals surface area contributed by atoms with E-state index in [0.29, 0.717) is 0 Å². The second-order valence-corrected chi connectivity index (χ2v) is 2.21. The van der Waals surface area contributed by atoms with Crippen molar-refractivity contribution in [3.63, 3.8) is 0 Å². The lowest BCUT2D eigenvalue weighted by Crippen LogP contribution is -1.78. The predicted molar refractivity (Wildman–Crippen MR) is 37.5 cm³/mol. The van der Waals surface area contributed by atoms with Gasteiger partial charge in [0.1, 0.15) is 6.20 Å². The first kappa shape index (κ1) is 5.41. The molecule has 0 aromatic carbocycles. The molecule has 0 bridgehead atoms. The number of aromatic nitrogens is 3. The van der Waals surface area contributed by atoms with Gasteiger partial charge in [0.15, 0.2) is 0 Å². The monoisotopic (exact) mass is 132 g/mol. The van der Waals surface area contributed by atoms with Gasteiger partial charge in [0.2, 0.25) is 0 Å². The van der Waals surface area contributed by atoms with Crippen LogP contribution >= 0.6 is 0 Å². The SMILES string of the molecule is Cc1cn[c]c2cn[nH]c12. The highest BCUT2D eigenvalue weighted by Gasteiger charge is 1.96. The molecule has 1 N–H and O–H groups in total. The van der Waals surface area contributed by atoms with Crippen molar-refractivity contribution >= 4 is 10.9 Å². The second-order valence-electron chi connectivity index (χ2n) is 2.21. The summed E-state index contributed by atoms with van der Waals surface area (Å²) in [5.74, 6) is 0. The maximum absolute atomic E-state index is 3.90. The van der Waals surface area contributed by atoms with Gasteiger partial charge in [-0.1, -0.05) is 0 Å². The van der Waals surface area contributed by atoms with E-state index < -0.39 is 0 Å². The Morgan fingerprint density at radius 2 is 2.40 bits per heavy atom. The van der Waals surface area contributed by atoms with Crippen molar-refractivity contribution in [3.05, 3.63) is 24.2 Å². The quantitative estimate of drug-likeness (QED) is 0.582. The van der Waals surface area contributed by atoms with Gasteiger partial charge in [0.05, 0.1) is 11.7 Å². The van der Waals surface area contributed by atoms with Crippen molar-refractivity contribution in [2.45, 2.75) is 6.92 Å². The van der Waals surface area contributed by atoms with Crippen LogP contribution in [0.3, 0.4) is 0 Å². The predicted octanol–water partition coefficient (Wildman–Crippen LogP) is 1.07. The molecule has 2 aromatic heterocycles. The summed E-state index contributed by atoms with van der Waals surface area (Å²) in [7, 11) is 0. The normalized spacial score (nSPS) is 10.5. The van der Waals surface area contributed by atoms with Crippen molar-refractivity contribution in [1.29, 1.82) is 0 Å². The number of nitrogens with zero attached hydrogens (tertiary/aromatic N) is 2. The number of hydrogen-bond acceptors (Lipinski definition) is 2. The number of H-pyrrole nitrogens is 1. The molecule has 0 aliphatic rings. The fraction of sp³-hybridized carbons (Fsp3) is 0.143. The summed E-state index contributed by atoms with van der Waals surface area (Å²) in [6, 6.07) is 0. The minimum atomic E-state index is 0.944. The van der Waals surface area contributed by atoms with Gasteiger partial charge in [-0.15, -0.1) is 0 Å². The Hall–Kier alpha value is -1.38. The second kappa shape index (κ2) is 1.80. The van der Waals surface area contributed by atoms with Gasteiger partial charge in [-0.2, -0.15) is 5.10 Å². The van der Waals surface area contributed by atoms with Crippen LogP contribution in [-0.4, -0.2) is 15.2 Å². The van der Waals surface area contributed by atoms with E-state index in [9.17, 15) is 0 Å². The van der Waals surface area contributed by atoms with Crippen LogP contribution in [0.4, 0.5) is 0 Å². The highest BCUT2D eigenvalue weighted by molar-refractivity contribution is 5.78. The van der Waals surface area contributed by atoms with Crippen LogP contribution in [0.2, 0.25) is 0 Å².